The largest absolute Gasteiger partial charge is 0.462 e. The molecular formula is C56H108O6. The Labute approximate surface area is 387 Å². The Balaban J connectivity index is 4.31. The Hall–Kier alpha value is -1.59. The second kappa shape index (κ2) is 48.9. The molecule has 6 heteroatoms. The maximum atomic E-state index is 12.8. The highest BCUT2D eigenvalue weighted by atomic mass is 16.6. The Morgan fingerprint density at radius 2 is 0.532 bits per heavy atom. The number of carbonyl (C=O) groups excluding carboxylic acids is 3. The van der Waals surface area contributed by atoms with Crippen LogP contribution < -0.4 is 0 Å². The van der Waals surface area contributed by atoms with Crippen LogP contribution in [0.15, 0.2) is 0 Å². The molecule has 0 saturated carbocycles. The molecule has 0 aliphatic carbocycles. The Morgan fingerprint density at radius 1 is 0.306 bits per heavy atom. The van der Waals surface area contributed by atoms with Gasteiger partial charge in [0.2, 0.25) is 0 Å². The summed E-state index contributed by atoms with van der Waals surface area (Å²) in [5.41, 5.74) is 0. The standard InChI is InChI=1S/C56H108O6/c1-6-7-8-9-10-11-12-13-14-15-16-20-26-31-36-41-46-54(57)60-49-53(50-61-55(58)47-42-37-32-27-23-22-25-30-35-40-45-52(4)5)62-56(59)48-43-38-33-28-21-18-17-19-24-29-34-39-44-51(2)3/h51-53H,6-50H2,1-5H3/t53-/m1/s1. The molecule has 0 fully saturated rings. The van der Waals surface area contributed by atoms with E-state index < -0.39 is 6.10 Å². The fraction of sp³-hybridized carbons (Fsp3) is 0.946. The second-order valence-electron chi connectivity index (χ2n) is 20.2. The predicted molar refractivity (Wildman–Crippen MR) is 266 cm³/mol. The summed E-state index contributed by atoms with van der Waals surface area (Å²) < 4.78 is 16.9. The minimum absolute atomic E-state index is 0.0631. The van der Waals surface area contributed by atoms with Crippen molar-refractivity contribution in [1.29, 1.82) is 0 Å². The molecule has 0 N–H and O–H groups in total. The molecule has 6 nitrogen and oxygen atoms in total. The molecule has 0 aliphatic heterocycles. The van der Waals surface area contributed by atoms with E-state index in [0.717, 1.165) is 69.6 Å². The van der Waals surface area contributed by atoms with Gasteiger partial charge in [0.05, 0.1) is 0 Å². The van der Waals surface area contributed by atoms with Crippen LogP contribution in [0.1, 0.15) is 311 Å². The number of hydrogen-bond acceptors (Lipinski definition) is 6. The van der Waals surface area contributed by atoms with Crippen LogP contribution >= 0.6 is 0 Å². The van der Waals surface area contributed by atoms with E-state index in [9.17, 15) is 14.4 Å². The zero-order valence-corrected chi connectivity index (χ0v) is 42.5. The van der Waals surface area contributed by atoms with Crippen molar-refractivity contribution in [3.63, 3.8) is 0 Å². The third-order valence-corrected chi connectivity index (χ3v) is 12.7. The quantitative estimate of drug-likeness (QED) is 0.0344. The number of carbonyl (C=O) groups is 3. The minimum atomic E-state index is -0.762. The lowest BCUT2D eigenvalue weighted by molar-refractivity contribution is -0.167. The predicted octanol–water partition coefficient (Wildman–Crippen LogP) is 18.1. The molecule has 0 spiro atoms. The maximum Gasteiger partial charge on any atom is 0.306 e. The maximum absolute atomic E-state index is 12.8. The minimum Gasteiger partial charge on any atom is -0.462 e. The number of unbranched alkanes of at least 4 members (excludes halogenated alkanes) is 35. The van der Waals surface area contributed by atoms with Gasteiger partial charge >= 0.3 is 17.9 Å². The fourth-order valence-electron chi connectivity index (χ4n) is 8.52. The molecule has 0 rings (SSSR count). The Bertz CT molecular complexity index is 947. The van der Waals surface area contributed by atoms with Crippen LogP contribution in [0.5, 0.6) is 0 Å². The first-order valence-electron chi connectivity index (χ1n) is 27.7. The first kappa shape index (κ1) is 60.4. The third kappa shape index (κ3) is 49.4. The smallest absolute Gasteiger partial charge is 0.306 e. The van der Waals surface area contributed by atoms with E-state index in [1.165, 1.54) is 199 Å². The van der Waals surface area contributed by atoms with E-state index in [-0.39, 0.29) is 31.1 Å². The molecule has 0 bridgehead atoms. The van der Waals surface area contributed by atoms with E-state index >= 15 is 0 Å². The number of hydrogen-bond donors (Lipinski definition) is 0. The second-order valence-corrected chi connectivity index (χ2v) is 20.2. The fourth-order valence-corrected chi connectivity index (χ4v) is 8.52. The van der Waals surface area contributed by atoms with E-state index in [2.05, 4.69) is 34.6 Å². The molecule has 0 radical (unpaired) electrons. The van der Waals surface area contributed by atoms with E-state index in [1.807, 2.05) is 0 Å². The molecule has 0 aliphatic rings. The lowest BCUT2D eigenvalue weighted by Gasteiger charge is -2.18. The van der Waals surface area contributed by atoms with Gasteiger partial charge in [0.25, 0.3) is 0 Å². The summed E-state index contributed by atoms with van der Waals surface area (Å²) in [7, 11) is 0. The average Bonchev–Trinajstić information content (AvgIpc) is 3.24. The molecular weight excluding hydrogens is 769 g/mol. The van der Waals surface area contributed by atoms with Crippen molar-refractivity contribution < 1.29 is 28.6 Å². The Kier molecular flexibility index (Phi) is 47.6. The monoisotopic (exact) mass is 877 g/mol. The van der Waals surface area contributed by atoms with Gasteiger partial charge in [-0.2, -0.15) is 0 Å². The highest BCUT2D eigenvalue weighted by molar-refractivity contribution is 5.71. The van der Waals surface area contributed by atoms with Crippen LogP contribution in [0.4, 0.5) is 0 Å². The summed E-state index contributed by atoms with van der Waals surface area (Å²) in [6.07, 6.45) is 50.9. The van der Waals surface area contributed by atoms with Crippen LogP contribution in [-0.4, -0.2) is 37.2 Å². The highest BCUT2D eigenvalue weighted by Crippen LogP contribution is 2.18. The van der Waals surface area contributed by atoms with Gasteiger partial charge in [0.1, 0.15) is 13.2 Å². The molecule has 0 aromatic carbocycles. The molecule has 0 saturated heterocycles. The number of rotatable bonds is 50. The van der Waals surface area contributed by atoms with Crippen LogP contribution in [0, 0.1) is 11.8 Å². The first-order chi connectivity index (χ1) is 30.2. The Morgan fingerprint density at radius 3 is 0.790 bits per heavy atom. The molecule has 0 aromatic rings. The lowest BCUT2D eigenvalue weighted by Crippen LogP contribution is -2.30. The van der Waals surface area contributed by atoms with Crippen molar-refractivity contribution in [2.75, 3.05) is 13.2 Å². The van der Waals surface area contributed by atoms with Gasteiger partial charge in [-0.15, -0.1) is 0 Å². The van der Waals surface area contributed by atoms with Gasteiger partial charge in [0, 0.05) is 19.3 Å². The highest BCUT2D eigenvalue weighted by Gasteiger charge is 2.19. The first-order valence-corrected chi connectivity index (χ1v) is 27.7. The van der Waals surface area contributed by atoms with Gasteiger partial charge < -0.3 is 14.2 Å². The van der Waals surface area contributed by atoms with Crippen LogP contribution in [0.25, 0.3) is 0 Å². The zero-order chi connectivity index (χ0) is 45.4. The van der Waals surface area contributed by atoms with Gasteiger partial charge in [-0.05, 0) is 31.1 Å². The third-order valence-electron chi connectivity index (χ3n) is 12.7. The van der Waals surface area contributed by atoms with Crippen molar-refractivity contribution in [2.45, 2.75) is 317 Å². The van der Waals surface area contributed by atoms with E-state index in [0.29, 0.717) is 19.3 Å². The summed E-state index contributed by atoms with van der Waals surface area (Å²) in [4.78, 5) is 38.1. The van der Waals surface area contributed by atoms with E-state index in [4.69, 9.17) is 14.2 Å². The number of esters is 3. The molecule has 0 heterocycles. The van der Waals surface area contributed by atoms with Gasteiger partial charge in [-0.25, -0.2) is 0 Å². The van der Waals surface area contributed by atoms with Crippen molar-refractivity contribution in [2.24, 2.45) is 11.8 Å². The molecule has 1 atom stereocenters. The van der Waals surface area contributed by atoms with Crippen LogP contribution in [0.3, 0.4) is 0 Å². The summed E-state index contributed by atoms with van der Waals surface area (Å²) in [6.45, 7) is 11.4. The summed E-state index contributed by atoms with van der Waals surface area (Å²) in [5, 5.41) is 0. The van der Waals surface area contributed by atoms with Crippen molar-refractivity contribution in [3.05, 3.63) is 0 Å². The molecule has 368 valence electrons. The normalized spacial score (nSPS) is 12.0. The average molecular weight is 877 g/mol. The van der Waals surface area contributed by atoms with Gasteiger partial charge in [-0.1, -0.05) is 272 Å². The van der Waals surface area contributed by atoms with Crippen LogP contribution in [-0.2, 0) is 28.6 Å². The lowest BCUT2D eigenvalue weighted by atomic mass is 10.0. The van der Waals surface area contributed by atoms with Gasteiger partial charge in [-0.3, -0.25) is 14.4 Å². The molecule has 0 unspecified atom stereocenters. The molecule has 62 heavy (non-hydrogen) atoms. The summed E-state index contributed by atoms with van der Waals surface area (Å²) in [5.74, 6) is 0.807. The van der Waals surface area contributed by atoms with Crippen molar-refractivity contribution >= 4 is 17.9 Å². The molecule has 0 aromatic heterocycles. The van der Waals surface area contributed by atoms with Crippen LogP contribution in [0.2, 0.25) is 0 Å². The topological polar surface area (TPSA) is 78.9 Å². The number of ether oxygens (including phenoxy) is 3. The summed E-state index contributed by atoms with van der Waals surface area (Å²) in [6, 6.07) is 0. The van der Waals surface area contributed by atoms with Crippen molar-refractivity contribution in [1.82, 2.24) is 0 Å². The van der Waals surface area contributed by atoms with Crippen molar-refractivity contribution in [3.8, 4) is 0 Å². The SMILES string of the molecule is CCCCCCCCCCCCCCCCCCC(=O)OC[C@H](COC(=O)CCCCCCCCCCCCC(C)C)OC(=O)CCCCCCCCCCCCCCC(C)C. The van der Waals surface area contributed by atoms with E-state index in [1.54, 1.807) is 0 Å². The van der Waals surface area contributed by atoms with Gasteiger partial charge in [0.15, 0.2) is 6.10 Å². The zero-order valence-electron chi connectivity index (χ0n) is 42.5. The summed E-state index contributed by atoms with van der Waals surface area (Å²) >= 11 is 0. The molecule has 0 amide bonds.